The monoisotopic (exact) mass is 571 g/mol. The van der Waals surface area contributed by atoms with Crippen molar-refractivity contribution in [1.82, 2.24) is 20.0 Å². The molecule has 6 rings (SSSR count). The zero-order chi connectivity index (χ0) is 29.2. The van der Waals surface area contributed by atoms with Crippen molar-refractivity contribution in [3.8, 4) is 17.0 Å². The van der Waals surface area contributed by atoms with E-state index in [0.717, 1.165) is 6.07 Å². The molecule has 1 N–H and O–H groups in total. The van der Waals surface area contributed by atoms with Crippen LogP contribution in [0.2, 0.25) is 0 Å². The van der Waals surface area contributed by atoms with E-state index in [1.807, 2.05) is 20.8 Å². The smallest absolute Gasteiger partial charge is 0.324 e. The van der Waals surface area contributed by atoms with Crippen molar-refractivity contribution in [2.75, 3.05) is 31.1 Å². The first kappa shape index (κ1) is 27.5. The Morgan fingerprint density at radius 1 is 1.15 bits per heavy atom. The molecular formula is C29H32F3N5O4. The molecule has 2 saturated heterocycles. The van der Waals surface area contributed by atoms with Gasteiger partial charge in [0.15, 0.2) is 11.4 Å². The summed E-state index contributed by atoms with van der Waals surface area (Å²) >= 11 is 0. The second-order valence-corrected chi connectivity index (χ2v) is 12.2. The van der Waals surface area contributed by atoms with Crippen LogP contribution in [0.4, 0.5) is 19.2 Å². The second-order valence-electron chi connectivity index (χ2n) is 12.2. The molecule has 3 aliphatic rings. The van der Waals surface area contributed by atoms with Gasteiger partial charge >= 0.3 is 6.01 Å². The number of fused-ring (bicyclic) bond motifs is 1. The molecule has 3 aliphatic heterocycles. The number of hydrogen-bond acceptors (Lipinski definition) is 8. The number of halogens is 3. The molecule has 0 unspecified atom stereocenters. The summed E-state index contributed by atoms with van der Waals surface area (Å²) in [5, 5.41) is 13.7. The highest BCUT2D eigenvalue weighted by Crippen LogP contribution is 2.49. The summed E-state index contributed by atoms with van der Waals surface area (Å²) in [5.41, 5.74) is -1.34. The quantitative estimate of drug-likeness (QED) is 0.494. The maximum Gasteiger partial charge on any atom is 0.324 e. The van der Waals surface area contributed by atoms with Crippen LogP contribution in [0.5, 0.6) is 5.75 Å². The molecule has 5 heterocycles. The number of amides is 1. The SMILES string of the molecule is CC(C)(C)c1noc(N2CCC3(CC2)Oc2cnc(-c4ccc(C(=O)N5CC[C@@H](O)C5)cc4F)cc2CC3(F)F)n1. The fraction of sp³-hybridized carbons (Fsp3) is 0.517. The molecule has 218 valence electrons. The van der Waals surface area contributed by atoms with Gasteiger partial charge in [-0.15, -0.1) is 0 Å². The first-order chi connectivity index (χ1) is 19.3. The van der Waals surface area contributed by atoms with Gasteiger partial charge in [-0.1, -0.05) is 25.9 Å². The number of aliphatic hydroxyl groups excluding tert-OH is 1. The third-order valence-electron chi connectivity index (χ3n) is 8.20. The normalized spacial score (nSPS) is 21.6. The highest BCUT2D eigenvalue weighted by molar-refractivity contribution is 5.95. The fourth-order valence-electron chi connectivity index (χ4n) is 5.69. The molecule has 1 aromatic carbocycles. The maximum atomic E-state index is 15.7. The summed E-state index contributed by atoms with van der Waals surface area (Å²) < 4.78 is 57.9. The summed E-state index contributed by atoms with van der Waals surface area (Å²) in [7, 11) is 0. The van der Waals surface area contributed by atoms with Crippen LogP contribution in [0.1, 0.15) is 61.8 Å². The minimum Gasteiger partial charge on any atom is -0.479 e. The molecule has 2 aromatic heterocycles. The van der Waals surface area contributed by atoms with Crippen LogP contribution in [0.3, 0.4) is 0 Å². The van der Waals surface area contributed by atoms with Crippen molar-refractivity contribution in [3.05, 3.63) is 53.2 Å². The molecule has 0 radical (unpaired) electrons. The van der Waals surface area contributed by atoms with E-state index in [-0.39, 0.29) is 71.9 Å². The van der Waals surface area contributed by atoms with E-state index >= 15 is 13.2 Å². The van der Waals surface area contributed by atoms with Crippen molar-refractivity contribution >= 4 is 11.9 Å². The van der Waals surface area contributed by atoms with E-state index < -0.39 is 29.9 Å². The zero-order valence-electron chi connectivity index (χ0n) is 23.2. The van der Waals surface area contributed by atoms with Crippen LogP contribution in [0, 0.1) is 5.82 Å². The minimum absolute atomic E-state index is 0.0482. The summed E-state index contributed by atoms with van der Waals surface area (Å²) in [6.07, 6.45) is 0.795. The lowest BCUT2D eigenvalue weighted by molar-refractivity contribution is -0.185. The van der Waals surface area contributed by atoms with E-state index in [1.165, 1.54) is 29.3 Å². The molecule has 2 fully saturated rings. The summed E-state index contributed by atoms with van der Waals surface area (Å²) in [5.74, 6) is -3.44. The molecule has 1 amide bonds. The second kappa shape index (κ2) is 9.71. The predicted octanol–water partition coefficient (Wildman–Crippen LogP) is 4.38. The van der Waals surface area contributed by atoms with Gasteiger partial charge in [0.2, 0.25) is 0 Å². The Labute approximate surface area is 235 Å². The number of ether oxygens (including phenoxy) is 1. The number of β-amino-alcohol motifs (C(OH)–C–C–N with tert-alkyl or cyclic N) is 1. The third kappa shape index (κ3) is 4.92. The molecule has 0 aliphatic carbocycles. The lowest BCUT2D eigenvalue weighted by Gasteiger charge is -2.48. The van der Waals surface area contributed by atoms with E-state index in [0.29, 0.717) is 24.8 Å². The van der Waals surface area contributed by atoms with Gasteiger partial charge in [-0.3, -0.25) is 9.78 Å². The fourth-order valence-corrected chi connectivity index (χ4v) is 5.69. The lowest BCUT2D eigenvalue weighted by atomic mass is 9.80. The number of pyridine rings is 1. The maximum absolute atomic E-state index is 15.7. The molecule has 41 heavy (non-hydrogen) atoms. The molecule has 0 bridgehead atoms. The zero-order valence-corrected chi connectivity index (χ0v) is 23.2. The standard InChI is InChI=1S/C29H32F3N5O4/c1-27(2,3)25-34-26(41-35-25)36-10-7-28(8-11-36)29(31,32)14-18-13-22(33-15-23(18)40-28)20-5-4-17(12-21(20)30)24(39)37-9-6-19(38)16-37/h4-5,12-13,15,19,38H,6-11,14,16H2,1-3H3/t19-/m1/s1. The van der Waals surface area contributed by atoms with Crippen LogP contribution in [0.25, 0.3) is 11.3 Å². The number of likely N-dealkylation sites (tertiary alicyclic amines) is 1. The molecule has 0 saturated carbocycles. The number of anilines is 1. The minimum atomic E-state index is -3.18. The van der Waals surface area contributed by atoms with Crippen molar-refractivity contribution < 1.29 is 32.3 Å². The Morgan fingerprint density at radius 3 is 2.54 bits per heavy atom. The largest absolute Gasteiger partial charge is 0.479 e. The van der Waals surface area contributed by atoms with Gasteiger partial charge < -0.3 is 24.2 Å². The predicted molar refractivity (Wildman–Crippen MR) is 143 cm³/mol. The Balaban J connectivity index is 1.19. The van der Waals surface area contributed by atoms with Gasteiger partial charge in [0.05, 0.1) is 18.0 Å². The van der Waals surface area contributed by atoms with Crippen molar-refractivity contribution in [2.24, 2.45) is 0 Å². The van der Waals surface area contributed by atoms with Gasteiger partial charge in [0.1, 0.15) is 11.6 Å². The highest BCUT2D eigenvalue weighted by Gasteiger charge is 2.60. The molecule has 1 atom stereocenters. The number of benzene rings is 1. The third-order valence-corrected chi connectivity index (χ3v) is 8.20. The van der Waals surface area contributed by atoms with Crippen LogP contribution in [-0.2, 0) is 11.8 Å². The number of rotatable bonds is 3. The Hall–Kier alpha value is -3.67. The number of carbonyl (C=O) groups is 1. The Kier molecular flexibility index (Phi) is 6.51. The average Bonchev–Trinajstić information content (AvgIpc) is 3.59. The summed E-state index contributed by atoms with van der Waals surface area (Å²) in [6.45, 7) is 7.02. The van der Waals surface area contributed by atoms with E-state index in [2.05, 4.69) is 15.1 Å². The van der Waals surface area contributed by atoms with Gasteiger partial charge in [-0.05, 0) is 30.7 Å². The van der Waals surface area contributed by atoms with Gasteiger partial charge in [0.25, 0.3) is 11.8 Å². The first-order valence-electron chi connectivity index (χ1n) is 13.8. The Morgan fingerprint density at radius 2 is 1.90 bits per heavy atom. The van der Waals surface area contributed by atoms with Crippen molar-refractivity contribution in [1.29, 1.82) is 0 Å². The van der Waals surface area contributed by atoms with Gasteiger partial charge in [-0.25, -0.2) is 13.2 Å². The topological polar surface area (TPSA) is 105 Å². The first-order valence-corrected chi connectivity index (χ1v) is 13.8. The summed E-state index contributed by atoms with van der Waals surface area (Å²) in [4.78, 5) is 24.7. The van der Waals surface area contributed by atoms with Crippen LogP contribution in [0.15, 0.2) is 35.0 Å². The molecule has 9 nitrogen and oxygen atoms in total. The van der Waals surface area contributed by atoms with E-state index in [4.69, 9.17) is 9.26 Å². The van der Waals surface area contributed by atoms with Crippen molar-refractivity contribution in [3.63, 3.8) is 0 Å². The van der Waals surface area contributed by atoms with Gasteiger partial charge in [-0.2, -0.15) is 4.98 Å². The Bertz CT molecular complexity index is 1480. The number of hydrogen-bond donors (Lipinski definition) is 1. The number of alkyl halides is 2. The van der Waals surface area contributed by atoms with E-state index in [1.54, 1.807) is 4.90 Å². The summed E-state index contributed by atoms with van der Waals surface area (Å²) in [6, 6.07) is 5.75. The molecule has 1 spiro atoms. The van der Waals surface area contributed by atoms with Crippen molar-refractivity contribution in [2.45, 2.75) is 69.5 Å². The highest BCUT2D eigenvalue weighted by atomic mass is 19.3. The number of piperidine rings is 1. The number of aromatic nitrogens is 3. The van der Waals surface area contributed by atoms with Crippen LogP contribution >= 0.6 is 0 Å². The molecular weight excluding hydrogens is 539 g/mol. The van der Waals surface area contributed by atoms with E-state index in [9.17, 15) is 9.90 Å². The molecule has 12 heteroatoms. The average molecular weight is 572 g/mol. The molecule has 3 aromatic rings. The van der Waals surface area contributed by atoms with Crippen LogP contribution < -0.4 is 9.64 Å². The number of carbonyl (C=O) groups excluding carboxylic acids is 1. The van der Waals surface area contributed by atoms with Crippen LogP contribution in [-0.4, -0.2) is 74.8 Å². The number of aliphatic hydroxyl groups is 1. The lowest BCUT2D eigenvalue weighted by Crippen LogP contribution is -2.61. The van der Waals surface area contributed by atoms with Gasteiger partial charge in [0, 0.05) is 67.5 Å². The number of nitrogens with zero attached hydrogens (tertiary/aromatic N) is 5.